The molecule has 0 aliphatic rings. The minimum Gasteiger partial charge on any atom is -0.271 e. The van der Waals surface area contributed by atoms with Crippen LogP contribution in [0.25, 0.3) is 0 Å². The zero-order chi connectivity index (χ0) is 15.4. The molecular weight excluding hydrogens is 415 g/mol. The average molecular weight is 435 g/mol. The fourth-order valence-electron chi connectivity index (χ4n) is 2.45. The van der Waals surface area contributed by atoms with Gasteiger partial charge in [-0.05, 0) is 58.8 Å². The van der Waals surface area contributed by atoms with Crippen molar-refractivity contribution < 1.29 is 0 Å². The molecule has 0 fully saturated rings. The topological polar surface area (TPSA) is 17.8 Å². The van der Waals surface area contributed by atoms with Crippen molar-refractivity contribution in [2.75, 3.05) is 5.33 Å². The second-order valence-corrected chi connectivity index (χ2v) is 7.12. The van der Waals surface area contributed by atoms with Gasteiger partial charge in [0.1, 0.15) is 0 Å². The number of hydrogen-bond acceptors (Lipinski definition) is 1. The third kappa shape index (κ3) is 4.33. The summed E-state index contributed by atoms with van der Waals surface area (Å²) in [5.41, 5.74) is 3.72. The predicted octanol–water partition coefficient (Wildman–Crippen LogP) is 5.19. The van der Waals surface area contributed by atoms with Gasteiger partial charge in [0.25, 0.3) is 0 Å². The van der Waals surface area contributed by atoms with Crippen LogP contribution in [0.15, 0.2) is 28.7 Å². The normalized spacial score (nSPS) is 12.6. The van der Waals surface area contributed by atoms with Crippen LogP contribution >= 0.6 is 43.5 Å². The van der Waals surface area contributed by atoms with Gasteiger partial charge in [-0.1, -0.05) is 46.6 Å². The molecule has 114 valence electrons. The second-order valence-electron chi connectivity index (χ2n) is 5.24. The molecule has 0 N–H and O–H groups in total. The van der Waals surface area contributed by atoms with Crippen LogP contribution in [-0.2, 0) is 26.3 Å². The van der Waals surface area contributed by atoms with Crippen LogP contribution in [0.1, 0.15) is 23.9 Å². The Kier molecular flexibility index (Phi) is 6.33. The monoisotopic (exact) mass is 432 g/mol. The summed E-state index contributed by atoms with van der Waals surface area (Å²) in [6.07, 6.45) is 2.98. The van der Waals surface area contributed by atoms with Crippen LogP contribution in [0, 0.1) is 5.92 Å². The lowest BCUT2D eigenvalue weighted by Gasteiger charge is -2.15. The molecule has 1 unspecified atom stereocenters. The zero-order valence-electron chi connectivity index (χ0n) is 12.2. The van der Waals surface area contributed by atoms with E-state index in [2.05, 4.69) is 56.0 Å². The van der Waals surface area contributed by atoms with Gasteiger partial charge in [-0.2, -0.15) is 5.10 Å². The average Bonchev–Trinajstić information content (AvgIpc) is 2.75. The van der Waals surface area contributed by atoms with E-state index >= 15 is 0 Å². The highest BCUT2D eigenvalue weighted by atomic mass is 79.9. The van der Waals surface area contributed by atoms with Crippen LogP contribution in [0.3, 0.4) is 0 Å². The summed E-state index contributed by atoms with van der Waals surface area (Å²) in [7, 11) is 2.02. The SMILES string of the molecule is CCc1nn(C)c(CC(CBr)Cc2ccc(Cl)cc2)c1Br. The van der Waals surface area contributed by atoms with Gasteiger partial charge in [0.15, 0.2) is 0 Å². The first-order valence-electron chi connectivity index (χ1n) is 7.05. The minimum atomic E-state index is 0.530. The van der Waals surface area contributed by atoms with Crippen LogP contribution in [-0.4, -0.2) is 15.1 Å². The molecule has 0 spiro atoms. The summed E-state index contributed by atoms with van der Waals surface area (Å²) in [6.45, 7) is 2.13. The first-order valence-corrected chi connectivity index (χ1v) is 9.35. The fraction of sp³-hybridized carbons (Fsp3) is 0.438. The number of hydrogen-bond donors (Lipinski definition) is 0. The Labute approximate surface area is 148 Å². The van der Waals surface area contributed by atoms with E-state index in [0.717, 1.165) is 39.8 Å². The van der Waals surface area contributed by atoms with Gasteiger partial charge in [0.2, 0.25) is 0 Å². The van der Waals surface area contributed by atoms with E-state index in [1.54, 1.807) is 0 Å². The summed E-state index contributed by atoms with van der Waals surface area (Å²) in [6, 6.07) is 8.12. The van der Waals surface area contributed by atoms with E-state index in [0.29, 0.717) is 5.92 Å². The van der Waals surface area contributed by atoms with Gasteiger partial charge in [0.05, 0.1) is 15.9 Å². The molecule has 0 amide bonds. The van der Waals surface area contributed by atoms with Crippen molar-refractivity contribution in [2.45, 2.75) is 26.2 Å². The van der Waals surface area contributed by atoms with Gasteiger partial charge in [-0.3, -0.25) is 4.68 Å². The molecule has 0 saturated heterocycles. The van der Waals surface area contributed by atoms with E-state index in [-0.39, 0.29) is 0 Å². The van der Waals surface area contributed by atoms with E-state index in [1.807, 2.05) is 23.9 Å². The largest absolute Gasteiger partial charge is 0.271 e. The molecule has 1 aromatic heterocycles. The lowest BCUT2D eigenvalue weighted by atomic mass is 9.96. The van der Waals surface area contributed by atoms with Crippen LogP contribution in [0.5, 0.6) is 0 Å². The molecule has 2 aromatic rings. The molecule has 0 bridgehead atoms. The number of alkyl halides is 1. The molecule has 2 rings (SSSR count). The zero-order valence-corrected chi connectivity index (χ0v) is 16.2. The van der Waals surface area contributed by atoms with Crippen molar-refractivity contribution in [3.05, 3.63) is 50.7 Å². The molecule has 1 aromatic carbocycles. The summed E-state index contributed by atoms with van der Waals surface area (Å²) in [5, 5.41) is 6.33. The molecular formula is C16H19Br2ClN2. The lowest BCUT2D eigenvalue weighted by Crippen LogP contribution is -2.13. The standard InChI is InChI=1S/C16H19Br2ClN2/c1-3-14-16(18)15(21(2)20-14)9-12(10-17)8-11-4-6-13(19)7-5-11/h4-7,12H,3,8-10H2,1-2H3. The van der Waals surface area contributed by atoms with Crippen molar-refractivity contribution in [3.8, 4) is 0 Å². The van der Waals surface area contributed by atoms with Crippen molar-refractivity contribution in [1.29, 1.82) is 0 Å². The molecule has 0 aliphatic carbocycles. The molecule has 1 atom stereocenters. The minimum absolute atomic E-state index is 0.530. The predicted molar refractivity (Wildman–Crippen MR) is 96.4 cm³/mol. The highest BCUT2D eigenvalue weighted by Gasteiger charge is 2.17. The quantitative estimate of drug-likeness (QED) is 0.572. The number of rotatable bonds is 6. The first-order chi connectivity index (χ1) is 10.0. The van der Waals surface area contributed by atoms with Gasteiger partial charge >= 0.3 is 0 Å². The van der Waals surface area contributed by atoms with Crippen LogP contribution in [0.4, 0.5) is 0 Å². The van der Waals surface area contributed by atoms with Gasteiger partial charge in [0, 0.05) is 17.4 Å². The Bertz CT molecular complexity index is 593. The molecule has 0 radical (unpaired) electrons. The Morgan fingerprint density at radius 3 is 2.43 bits per heavy atom. The fourth-order valence-corrected chi connectivity index (χ4v) is 3.81. The van der Waals surface area contributed by atoms with Gasteiger partial charge in [-0.25, -0.2) is 0 Å². The molecule has 2 nitrogen and oxygen atoms in total. The van der Waals surface area contributed by atoms with Gasteiger partial charge < -0.3 is 0 Å². The maximum Gasteiger partial charge on any atom is 0.0766 e. The summed E-state index contributed by atoms with van der Waals surface area (Å²) < 4.78 is 3.16. The van der Waals surface area contributed by atoms with E-state index < -0.39 is 0 Å². The summed E-state index contributed by atoms with van der Waals surface area (Å²) in [5.74, 6) is 0.530. The smallest absolute Gasteiger partial charge is 0.0766 e. The number of nitrogens with zero attached hydrogens (tertiary/aromatic N) is 2. The Morgan fingerprint density at radius 1 is 1.24 bits per heavy atom. The number of aromatic nitrogens is 2. The molecule has 1 heterocycles. The highest BCUT2D eigenvalue weighted by molar-refractivity contribution is 9.10. The maximum absolute atomic E-state index is 5.95. The number of aryl methyl sites for hydroxylation is 2. The summed E-state index contributed by atoms with van der Waals surface area (Å²) >= 11 is 13.3. The molecule has 21 heavy (non-hydrogen) atoms. The Morgan fingerprint density at radius 2 is 1.90 bits per heavy atom. The van der Waals surface area contributed by atoms with E-state index in [1.165, 1.54) is 11.3 Å². The maximum atomic E-state index is 5.95. The third-order valence-electron chi connectivity index (χ3n) is 3.64. The third-order valence-corrected chi connectivity index (χ3v) is 5.72. The Hall–Kier alpha value is -0.320. The molecule has 0 aliphatic heterocycles. The number of benzene rings is 1. The van der Waals surface area contributed by atoms with Crippen LogP contribution in [0.2, 0.25) is 5.02 Å². The molecule has 0 saturated carbocycles. The summed E-state index contributed by atoms with van der Waals surface area (Å²) in [4.78, 5) is 0. The first kappa shape index (κ1) is 17.0. The van der Waals surface area contributed by atoms with Crippen molar-refractivity contribution in [3.63, 3.8) is 0 Å². The van der Waals surface area contributed by atoms with E-state index in [9.17, 15) is 0 Å². The lowest BCUT2D eigenvalue weighted by molar-refractivity contribution is 0.555. The highest BCUT2D eigenvalue weighted by Crippen LogP contribution is 2.26. The van der Waals surface area contributed by atoms with Crippen molar-refractivity contribution in [2.24, 2.45) is 13.0 Å². The van der Waals surface area contributed by atoms with Crippen molar-refractivity contribution >= 4 is 43.5 Å². The van der Waals surface area contributed by atoms with E-state index in [4.69, 9.17) is 11.6 Å². The van der Waals surface area contributed by atoms with Crippen LogP contribution < -0.4 is 0 Å². The van der Waals surface area contributed by atoms with Crippen molar-refractivity contribution in [1.82, 2.24) is 9.78 Å². The number of halogens is 3. The van der Waals surface area contributed by atoms with Gasteiger partial charge in [-0.15, -0.1) is 0 Å². The Balaban J connectivity index is 2.12. The second kappa shape index (κ2) is 7.80. The molecule has 5 heteroatoms.